The summed E-state index contributed by atoms with van der Waals surface area (Å²) in [5.41, 5.74) is 0.879. The molecule has 1 saturated heterocycles. The average molecular weight is 856 g/mol. The molecule has 60 heavy (non-hydrogen) atoms. The van der Waals surface area contributed by atoms with Crippen LogP contribution in [0, 0.1) is 23.7 Å². The smallest absolute Gasteiger partial charge is 0.264 e. The van der Waals surface area contributed by atoms with E-state index in [9.17, 15) is 32.4 Å². The van der Waals surface area contributed by atoms with Crippen LogP contribution in [0.5, 0.6) is 0 Å². The number of benzene rings is 2. The number of Topliss-reactive ketones (excluding diaryl/α,β-unsaturated/α-hetero) is 1. The highest BCUT2D eigenvalue weighted by molar-refractivity contribution is 7.90. The van der Waals surface area contributed by atoms with Crippen LogP contribution in [0.1, 0.15) is 93.1 Å². The number of likely N-dealkylation sites (N-methyl/N-ethyl adjacent to an activating group) is 2. The minimum atomic E-state index is -4.26. The van der Waals surface area contributed by atoms with Crippen LogP contribution in [0.3, 0.4) is 0 Å². The lowest BCUT2D eigenvalue weighted by Crippen LogP contribution is -2.55. The minimum Gasteiger partial charge on any atom is -0.379 e. The molecule has 15 heteroatoms. The predicted octanol–water partition coefficient (Wildman–Crippen LogP) is 5.17. The number of nitrogens with one attached hydrogen (secondary N) is 3. The number of nitrogens with zero attached hydrogens (tertiary/aromatic N) is 2. The standard InChI is InChI=1S/C45H69N5O9S/c1-13-29(4)40(49(10)44(55)35(28(2)3)26-37(52)42(46-9)45(7,8)32-18-15-14-16-19-32)38(58-11)27-39(53)50-25-17-20-36(50)41(59-12)30(5)43(54)48-60(56,57)34-23-21-33(22-24-34)47-31(6)51/h14-16,18-19,21-24,28-30,35-36,38,40-42,46H,13,17,20,25-27H2,1-12H3,(H,47,51)(H,48,54)/t29-,30+,35-,36-,38+,40-,41+,42+/m0/s1. The molecule has 0 spiro atoms. The Labute approximate surface area is 357 Å². The van der Waals surface area contributed by atoms with Crippen LogP contribution in [-0.2, 0) is 48.9 Å². The van der Waals surface area contributed by atoms with Crippen molar-refractivity contribution in [2.24, 2.45) is 23.7 Å². The van der Waals surface area contributed by atoms with E-state index in [-0.39, 0.29) is 53.1 Å². The fourth-order valence-corrected chi connectivity index (χ4v) is 9.74. The van der Waals surface area contributed by atoms with Gasteiger partial charge < -0.3 is 29.9 Å². The summed E-state index contributed by atoms with van der Waals surface area (Å²) in [6, 6.07) is 13.7. The van der Waals surface area contributed by atoms with Gasteiger partial charge in [-0.3, -0.25) is 24.0 Å². The first-order valence-electron chi connectivity index (χ1n) is 21.0. The summed E-state index contributed by atoms with van der Waals surface area (Å²) < 4.78 is 40.3. The van der Waals surface area contributed by atoms with Crippen molar-refractivity contribution in [3.63, 3.8) is 0 Å². The van der Waals surface area contributed by atoms with E-state index in [0.717, 1.165) is 5.56 Å². The number of likely N-dealkylation sites (tertiary alicyclic amines) is 1. The van der Waals surface area contributed by atoms with Crippen LogP contribution >= 0.6 is 0 Å². The van der Waals surface area contributed by atoms with Gasteiger partial charge in [-0.25, -0.2) is 13.1 Å². The van der Waals surface area contributed by atoms with E-state index in [1.54, 1.807) is 30.8 Å². The second kappa shape index (κ2) is 22.1. The Balaban J connectivity index is 1.80. The lowest BCUT2D eigenvalue weighted by Gasteiger charge is -2.41. The highest BCUT2D eigenvalue weighted by Crippen LogP contribution is 2.33. The van der Waals surface area contributed by atoms with Crippen LogP contribution in [-0.4, -0.2) is 113 Å². The molecule has 1 aliphatic heterocycles. The molecule has 334 valence electrons. The van der Waals surface area contributed by atoms with Crippen LogP contribution in [0.15, 0.2) is 59.5 Å². The largest absolute Gasteiger partial charge is 0.379 e. The zero-order valence-electron chi connectivity index (χ0n) is 37.6. The van der Waals surface area contributed by atoms with E-state index < -0.39 is 63.5 Å². The number of carbonyl (C=O) groups is 5. The number of anilines is 1. The Morgan fingerprint density at radius 3 is 2.07 bits per heavy atom. The van der Waals surface area contributed by atoms with Crippen molar-refractivity contribution in [3.05, 3.63) is 60.2 Å². The van der Waals surface area contributed by atoms with Gasteiger partial charge in [-0.2, -0.15) is 0 Å². The Hall–Kier alpha value is -4.18. The Bertz CT molecular complexity index is 1870. The van der Waals surface area contributed by atoms with Crippen LogP contribution in [0.2, 0.25) is 0 Å². The number of hydrogen-bond acceptors (Lipinski definition) is 10. The van der Waals surface area contributed by atoms with Crippen molar-refractivity contribution in [1.82, 2.24) is 19.8 Å². The lowest BCUT2D eigenvalue weighted by molar-refractivity contribution is -0.149. The molecular weight excluding hydrogens is 787 g/mol. The maximum Gasteiger partial charge on any atom is 0.264 e. The summed E-state index contributed by atoms with van der Waals surface area (Å²) in [7, 11) is 2.19. The number of carbonyl (C=O) groups excluding carboxylic acids is 5. The Morgan fingerprint density at radius 1 is 0.933 bits per heavy atom. The van der Waals surface area contributed by atoms with E-state index in [1.807, 2.05) is 71.9 Å². The number of sulfonamides is 1. The van der Waals surface area contributed by atoms with E-state index in [2.05, 4.69) is 15.4 Å². The van der Waals surface area contributed by atoms with Crippen LogP contribution in [0.4, 0.5) is 5.69 Å². The van der Waals surface area contributed by atoms with Gasteiger partial charge in [0.15, 0.2) is 5.78 Å². The summed E-state index contributed by atoms with van der Waals surface area (Å²) in [6.07, 6.45) is 0.326. The third-order valence-corrected chi connectivity index (χ3v) is 13.7. The number of ether oxygens (including phenoxy) is 2. The number of hydrogen-bond donors (Lipinski definition) is 3. The lowest BCUT2D eigenvalue weighted by atomic mass is 9.74. The van der Waals surface area contributed by atoms with Gasteiger partial charge in [0, 0.05) is 58.2 Å². The van der Waals surface area contributed by atoms with Gasteiger partial charge in [0.05, 0.1) is 47.6 Å². The Kier molecular flexibility index (Phi) is 18.5. The van der Waals surface area contributed by atoms with Crippen LogP contribution in [0.25, 0.3) is 0 Å². The van der Waals surface area contributed by atoms with E-state index in [0.29, 0.717) is 31.5 Å². The molecule has 3 rings (SSSR count). The number of ketones is 1. The van der Waals surface area contributed by atoms with E-state index in [1.165, 1.54) is 45.4 Å². The second-order valence-corrected chi connectivity index (χ2v) is 18.8. The van der Waals surface area contributed by atoms with Crippen molar-refractivity contribution in [1.29, 1.82) is 0 Å². The molecule has 0 bridgehead atoms. The zero-order chi connectivity index (χ0) is 45.1. The quantitative estimate of drug-likeness (QED) is 0.143. The van der Waals surface area contributed by atoms with Gasteiger partial charge in [0.1, 0.15) is 0 Å². The zero-order valence-corrected chi connectivity index (χ0v) is 38.4. The maximum absolute atomic E-state index is 14.5. The van der Waals surface area contributed by atoms with Gasteiger partial charge in [-0.15, -0.1) is 0 Å². The van der Waals surface area contributed by atoms with Gasteiger partial charge in [-0.1, -0.05) is 85.2 Å². The first-order valence-corrected chi connectivity index (χ1v) is 22.5. The summed E-state index contributed by atoms with van der Waals surface area (Å²) >= 11 is 0. The molecule has 14 nitrogen and oxygen atoms in total. The molecule has 0 radical (unpaired) electrons. The second-order valence-electron chi connectivity index (χ2n) is 17.1. The molecule has 0 saturated carbocycles. The van der Waals surface area contributed by atoms with Crippen molar-refractivity contribution in [2.75, 3.05) is 40.2 Å². The third kappa shape index (κ3) is 12.2. The summed E-state index contributed by atoms with van der Waals surface area (Å²) in [6.45, 7) is 15.3. The molecule has 0 aliphatic carbocycles. The summed E-state index contributed by atoms with van der Waals surface area (Å²) in [5.74, 6) is -3.40. The van der Waals surface area contributed by atoms with Gasteiger partial charge in [-0.05, 0) is 61.6 Å². The average Bonchev–Trinajstić information content (AvgIpc) is 3.69. The molecule has 1 fully saturated rings. The Morgan fingerprint density at radius 2 is 1.55 bits per heavy atom. The molecule has 0 aromatic heterocycles. The number of methoxy groups -OCH3 is 2. The fourth-order valence-electron chi connectivity index (χ4n) is 8.67. The molecule has 2 aromatic rings. The topological polar surface area (TPSA) is 181 Å². The molecule has 2 aromatic carbocycles. The number of amides is 4. The minimum absolute atomic E-state index is 0.0399. The molecule has 8 atom stereocenters. The van der Waals surface area contributed by atoms with Crippen LogP contribution < -0.4 is 15.4 Å². The highest BCUT2D eigenvalue weighted by atomic mass is 32.2. The molecule has 1 aliphatic rings. The van der Waals surface area contributed by atoms with Crippen molar-refractivity contribution in [2.45, 2.75) is 128 Å². The van der Waals surface area contributed by atoms with E-state index >= 15 is 0 Å². The van der Waals surface area contributed by atoms with Crippen molar-refractivity contribution >= 4 is 45.1 Å². The molecule has 4 amide bonds. The highest BCUT2D eigenvalue weighted by Gasteiger charge is 2.44. The molecule has 1 heterocycles. The first kappa shape index (κ1) is 50.2. The number of rotatable bonds is 22. The molecular formula is C45H69N5O9S. The molecule has 0 unspecified atom stereocenters. The molecule has 3 N–H and O–H groups in total. The summed E-state index contributed by atoms with van der Waals surface area (Å²) in [4.78, 5) is 70.9. The third-order valence-electron chi connectivity index (χ3n) is 12.4. The van der Waals surface area contributed by atoms with Crippen molar-refractivity contribution < 1.29 is 41.9 Å². The SMILES string of the molecule is CC[C@H](C)[C@@H]([C@@H](CC(=O)N1CCC[C@H]1[C@H](OC)[C@@H](C)C(=O)NS(=O)(=O)c1ccc(NC(C)=O)cc1)OC)N(C)C(=O)[C@@H](CC(=O)[C@@H](NC)C(C)(C)c1ccccc1)C(C)C. The monoisotopic (exact) mass is 855 g/mol. The normalized spacial score (nSPS) is 18.1. The van der Waals surface area contributed by atoms with Gasteiger partial charge >= 0.3 is 0 Å². The summed E-state index contributed by atoms with van der Waals surface area (Å²) in [5, 5.41) is 5.79. The fraction of sp³-hybridized carbons (Fsp3) is 0.622. The predicted molar refractivity (Wildman–Crippen MR) is 232 cm³/mol. The maximum atomic E-state index is 14.5. The van der Waals surface area contributed by atoms with Crippen molar-refractivity contribution in [3.8, 4) is 0 Å². The first-order chi connectivity index (χ1) is 28.2. The van der Waals surface area contributed by atoms with Gasteiger partial charge in [0.2, 0.25) is 23.6 Å². The van der Waals surface area contributed by atoms with E-state index in [4.69, 9.17) is 9.47 Å². The van der Waals surface area contributed by atoms with Gasteiger partial charge in [0.25, 0.3) is 10.0 Å².